The number of nitrogens with two attached hydrogens (primary N) is 1. The number of alkyl halides is 1. The van der Waals surface area contributed by atoms with Crippen molar-refractivity contribution in [2.75, 3.05) is 14.2 Å². The molecule has 0 atom stereocenters. The molecule has 0 heterocycles. The van der Waals surface area contributed by atoms with Crippen LogP contribution in [0.2, 0.25) is 0 Å². The summed E-state index contributed by atoms with van der Waals surface area (Å²) < 4.78 is 24.4. The molecule has 0 radical (unpaired) electrons. The molecule has 0 saturated carbocycles. The summed E-state index contributed by atoms with van der Waals surface area (Å²) in [4.78, 5) is 0. The zero-order chi connectivity index (χ0) is 24.7. The van der Waals surface area contributed by atoms with E-state index in [1.807, 2.05) is 42.5 Å². The van der Waals surface area contributed by atoms with Crippen LogP contribution in [-0.2, 0) is 25.1 Å². The minimum Gasteiger partial charge on any atom is -0.497 e. The first-order valence-corrected chi connectivity index (χ1v) is 11.8. The van der Waals surface area contributed by atoms with Gasteiger partial charge in [0.05, 0.1) is 14.2 Å². The van der Waals surface area contributed by atoms with Crippen LogP contribution in [0, 0.1) is 0 Å². The lowest BCUT2D eigenvalue weighted by molar-refractivity contribution is 0.413. The van der Waals surface area contributed by atoms with E-state index in [2.05, 4.69) is 54.6 Å². The van der Waals surface area contributed by atoms with E-state index >= 15 is 0 Å². The molecule has 0 aromatic heterocycles. The molecular formula is C31H32FNO2. The van der Waals surface area contributed by atoms with Crippen molar-refractivity contribution in [2.45, 2.75) is 31.5 Å². The van der Waals surface area contributed by atoms with E-state index in [0.29, 0.717) is 12.1 Å². The molecule has 0 fully saturated rings. The molecule has 0 spiro atoms. The Labute approximate surface area is 207 Å². The molecule has 0 unspecified atom stereocenters. The van der Waals surface area contributed by atoms with E-state index in [9.17, 15) is 4.39 Å². The van der Waals surface area contributed by atoms with Gasteiger partial charge in [0.15, 0.2) is 0 Å². The highest BCUT2D eigenvalue weighted by Gasteiger charge is 2.36. The van der Waals surface area contributed by atoms with Gasteiger partial charge in [-0.05, 0) is 70.5 Å². The first-order valence-electron chi connectivity index (χ1n) is 11.8. The van der Waals surface area contributed by atoms with Crippen molar-refractivity contribution in [2.24, 2.45) is 5.73 Å². The summed E-state index contributed by atoms with van der Waals surface area (Å²) in [5.41, 5.74) is 11.7. The van der Waals surface area contributed by atoms with Crippen molar-refractivity contribution in [3.8, 4) is 11.5 Å². The molecule has 0 aliphatic heterocycles. The standard InChI is InChI=1S/C31H32FNO2/c1-34-29-12-8-27(9-13-29)31(26-6-4-3-5-7-26,28-10-14-30(35-2)15-11-28)17-16-23-18-24(21-32)20-25(19-23)22-33/h3-15,18-20H,16-17,21-22,33H2,1-2H3. The van der Waals surface area contributed by atoms with E-state index in [4.69, 9.17) is 15.2 Å². The highest BCUT2D eigenvalue weighted by molar-refractivity contribution is 5.52. The zero-order valence-corrected chi connectivity index (χ0v) is 20.3. The smallest absolute Gasteiger partial charge is 0.118 e. The summed E-state index contributed by atoms with van der Waals surface area (Å²) in [6, 6.07) is 33.0. The SMILES string of the molecule is COc1ccc(C(CCc2cc(CN)cc(CF)c2)(c2ccccc2)c2ccc(OC)cc2)cc1. The molecule has 0 aliphatic carbocycles. The van der Waals surface area contributed by atoms with Gasteiger partial charge in [0.25, 0.3) is 0 Å². The molecule has 0 aliphatic rings. The molecule has 0 saturated heterocycles. The van der Waals surface area contributed by atoms with Crippen LogP contribution in [0.5, 0.6) is 11.5 Å². The molecule has 0 amide bonds. The van der Waals surface area contributed by atoms with Crippen LogP contribution in [0.15, 0.2) is 97.1 Å². The van der Waals surface area contributed by atoms with Crippen molar-refractivity contribution < 1.29 is 13.9 Å². The molecule has 2 N–H and O–H groups in total. The Balaban J connectivity index is 1.88. The predicted molar refractivity (Wildman–Crippen MR) is 140 cm³/mol. The second-order valence-electron chi connectivity index (χ2n) is 8.72. The predicted octanol–water partition coefficient (Wildman–Crippen LogP) is 6.60. The van der Waals surface area contributed by atoms with Gasteiger partial charge in [0.2, 0.25) is 0 Å². The molecule has 4 aromatic carbocycles. The number of aryl methyl sites for hydroxylation is 1. The van der Waals surface area contributed by atoms with Crippen LogP contribution in [0.3, 0.4) is 0 Å². The summed E-state index contributed by atoms with van der Waals surface area (Å²) in [5, 5.41) is 0. The number of halogens is 1. The maximum Gasteiger partial charge on any atom is 0.118 e. The molecular weight excluding hydrogens is 437 g/mol. The Hall–Kier alpha value is -3.63. The lowest BCUT2D eigenvalue weighted by Gasteiger charge is -2.36. The molecule has 35 heavy (non-hydrogen) atoms. The van der Waals surface area contributed by atoms with Gasteiger partial charge in [0.1, 0.15) is 18.2 Å². The third-order valence-electron chi connectivity index (χ3n) is 6.72. The van der Waals surface area contributed by atoms with E-state index in [1.54, 1.807) is 14.2 Å². The van der Waals surface area contributed by atoms with Gasteiger partial charge in [-0.1, -0.05) is 72.8 Å². The van der Waals surface area contributed by atoms with Gasteiger partial charge >= 0.3 is 0 Å². The normalized spacial score (nSPS) is 11.3. The van der Waals surface area contributed by atoms with E-state index in [0.717, 1.165) is 46.6 Å². The van der Waals surface area contributed by atoms with Crippen molar-refractivity contribution in [3.05, 3.63) is 130 Å². The number of rotatable bonds is 10. The molecule has 0 bridgehead atoms. The maximum atomic E-state index is 13.6. The highest BCUT2D eigenvalue weighted by Crippen LogP contribution is 2.44. The highest BCUT2D eigenvalue weighted by atomic mass is 19.1. The Bertz CT molecular complexity index is 1150. The topological polar surface area (TPSA) is 44.5 Å². The van der Waals surface area contributed by atoms with Crippen molar-refractivity contribution in [3.63, 3.8) is 0 Å². The minimum absolute atomic E-state index is 0.391. The van der Waals surface area contributed by atoms with Gasteiger partial charge in [-0.25, -0.2) is 4.39 Å². The average Bonchev–Trinajstić information content (AvgIpc) is 2.94. The van der Waals surface area contributed by atoms with E-state index in [1.165, 1.54) is 5.56 Å². The molecule has 4 heteroatoms. The van der Waals surface area contributed by atoms with Crippen molar-refractivity contribution >= 4 is 0 Å². The molecule has 180 valence electrons. The first-order chi connectivity index (χ1) is 17.1. The number of ether oxygens (including phenoxy) is 2. The van der Waals surface area contributed by atoms with Gasteiger partial charge in [-0.3, -0.25) is 0 Å². The summed E-state index contributed by atoms with van der Waals surface area (Å²) in [5.74, 6) is 1.63. The number of hydrogen-bond donors (Lipinski definition) is 1. The molecule has 3 nitrogen and oxygen atoms in total. The second kappa shape index (κ2) is 11.2. The molecule has 4 rings (SSSR count). The largest absolute Gasteiger partial charge is 0.497 e. The van der Waals surface area contributed by atoms with Crippen molar-refractivity contribution in [1.29, 1.82) is 0 Å². The summed E-state index contributed by atoms with van der Waals surface area (Å²) in [7, 11) is 3.35. The molecule has 4 aromatic rings. The van der Waals surface area contributed by atoms with Crippen LogP contribution in [0.4, 0.5) is 4.39 Å². The number of benzene rings is 4. The monoisotopic (exact) mass is 469 g/mol. The van der Waals surface area contributed by atoms with E-state index in [-0.39, 0.29) is 0 Å². The fourth-order valence-electron chi connectivity index (χ4n) is 4.92. The summed E-state index contributed by atoms with van der Waals surface area (Å²) >= 11 is 0. The third kappa shape index (κ3) is 5.23. The number of hydrogen-bond acceptors (Lipinski definition) is 3. The van der Waals surface area contributed by atoms with Crippen LogP contribution in [-0.4, -0.2) is 14.2 Å². The first kappa shape index (κ1) is 24.5. The van der Waals surface area contributed by atoms with Gasteiger partial charge < -0.3 is 15.2 Å². The average molecular weight is 470 g/mol. The summed E-state index contributed by atoms with van der Waals surface area (Å²) in [6.45, 7) is -0.108. The lowest BCUT2D eigenvalue weighted by Crippen LogP contribution is -2.30. The number of methoxy groups -OCH3 is 2. The van der Waals surface area contributed by atoms with Gasteiger partial charge in [-0.2, -0.15) is 0 Å². The Morgan fingerprint density at radius 2 is 1.14 bits per heavy atom. The fraction of sp³-hybridized carbons (Fsp3) is 0.226. The van der Waals surface area contributed by atoms with Crippen LogP contribution in [0.1, 0.15) is 39.8 Å². The Morgan fingerprint density at radius 3 is 1.63 bits per heavy atom. The maximum absolute atomic E-state index is 13.6. The quantitative estimate of drug-likeness (QED) is 0.266. The van der Waals surface area contributed by atoms with Crippen molar-refractivity contribution in [1.82, 2.24) is 0 Å². The second-order valence-corrected chi connectivity index (χ2v) is 8.72. The van der Waals surface area contributed by atoms with Crippen LogP contribution < -0.4 is 15.2 Å². The van der Waals surface area contributed by atoms with Crippen LogP contribution in [0.25, 0.3) is 0 Å². The fourth-order valence-corrected chi connectivity index (χ4v) is 4.92. The Kier molecular flexibility index (Phi) is 7.84. The minimum atomic E-state index is -0.498. The zero-order valence-electron chi connectivity index (χ0n) is 20.3. The third-order valence-corrected chi connectivity index (χ3v) is 6.72. The van der Waals surface area contributed by atoms with Gasteiger partial charge in [-0.15, -0.1) is 0 Å². The van der Waals surface area contributed by atoms with E-state index < -0.39 is 12.1 Å². The van der Waals surface area contributed by atoms with Crippen LogP contribution >= 0.6 is 0 Å². The van der Waals surface area contributed by atoms with Gasteiger partial charge in [0, 0.05) is 12.0 Å². The summed E-state index contributed by atoms with van der Waals surface area (Å²) in [6.07, 6.45) is 1.54. The lowest BCUT2D eigenvalue weighted by atomic mass is 9.66. The Morgan fingerprint density at radius 1 is 0.657 bits per heavy atom.